The molecule has 8 nitrogen and oxygen atoms in total. The molecule has 1 fully saturated rings. The highest BCUT2D eigenvalue weighted by molar-refractivity contribution is 5.92. The number of hydrogen-bond donors (Lipinski definition) is 2. The third-order valence-electron chi connectivity index (χ3n) is 2.14. The van der Waals surface area contributed by atoms with Crippen molar-refractivity contribution < 1.29 is 38.9 Å². The Morgan fingerprint density at radius 1 is 1.00 bits per heavy atom. The molecular formula is C13H12O8. The van der Waals surface area contributed by atoms with Crippen LogP contribution in [0.1, 0.15) is 24.7 Å². The zero-order valence-electron chi connectivity index (χ0n) is 10.7. The third kappa shape index (κ3) is 6.19. The summed E-state index contributed by atoms with van der Waals surface area (Å²) in [4.78, 5) is 40.7. The van der Waals surface area contributed by atoms with Gasteiger partial charge in [0.25, 0.3) is 6.29 Å². The molecule has 0 saturated carbocycles. The molecule has 0 unspecified atom stereocenters. The topological polar surface area (TPSA) is 127 Å². The van der Waals surface area contributed by atoms with Crippen molar-refractivity contribution in [3.05, 3.63) is 35.9 Å². The first kappa shape index (κ1) is 16.2. The molecular weight excluding hydrogens is 284 g/mol. The number of esters is 2. The summed E-state index contributed by atoms with van der Waals surface area (Å²) in [5.74, 6) is -3.72. The minimum Gasteiger partial charge on any atom is -0.481 e. The van der Waals surface area contributed by atoms with Gasteiger partial charge in [0.15, 0.2) is 0 Å². The van der Waals surface area contributed by atoms with E-state index < -0.39 is 36.6 Å². The minimum atomic E-state index is -1.31. The summed E-state index contributed by atoms with van der Waals surface area (Å²) in [6.45, 7) is 0. The maximum absolute atomic E-state index is 10.9. The van der Waals surface area contributed by atoms with E-state index in [0.717, 1.165) is 0 Å². The minimum absolute atomic E-state index is 0.302. The molecule has 21 heavy (non-hydrogen) atoms. The summed E-state index contributed by atoms with van der Waals surface area (Å²) in [5, 5.41) is 15.4. The largest absolute Gasteiger partial charge is 0.481 e. The van der Waals surface area contributed by atoms with Crippen molar-refractivity contribution in [2.24, 2.45) is 0 Å². The highest BCUT2D eigenvalue weighted by atomic mass is 16.7. The van der Waals surface area contributed by atoms with Crippen LogP contribution < -0.4 is 0 Å². The van der Waals surface area contributed by atoms with Crippen LogP contribution in [0, 0.1) is 0 Å². The first-order valence-corrected chi connectivity index (χ1v) is 5.76. The summed E-state index contributed by atoms with van der Waals surface area (Å²) in [6.07, 6.45) is -1.99. The van der Waals surface area contributed by atoms with Crippen molar-refractivity contribution in [3.8, 4) is 0 Å². The van der Waals surface area contributed by atoms with Crippen molar-refractivity contribution in [3.63, 3.8) is 0 Å². The van der Waals surface area contributed by atoms with Crippen LogP contribution >= 0.6 is 0 Å². The number of hydrogen-bond acceptors (Lipinski definition) is 6. The van der Waals surface area contributed by atoms with Crippen molar-refractivity contribution >= 4 is 23.9 Å². The number of carbonyl (C=O) groups is 4. The lowest BCUT2D eigenvalue weighted by Crippen LogP contribution is -2.26. The van der Waals surface area contributed by atoms with Crippen molar-refractivity contribution in [2.45, 2.75) is 19.1 Å². The van der Waals surface area contributed by atoms with Gasteiger partial charge in [-0.1, -0.05) is 30.3 Å². The Morgan fingerprint density at radius 3 is 1.86 bits per heavy atom. The molecule has 1 aliphatic rings. The Bertz CT molecular complexity index is 508. The maximum atomic E-state index is 10.9. The zero-order valence-corrected chi connectivity index (χ0v) is 10.7. The molecule has 0 bridgehead atoms. The normalized spacial score (nSPS) is 14.3. The number of rotatable bonds is 3. The molecule has 1 aromatic rings. The van der Waals surface area contributed by atoms with Crippen LogP contribution in [0.2, 0.25) is 0 Å². The number of cyclic esters (lactones) is 2. The zero-order chi connectivity index (χ0) is 15.8. The van der Waals surface area contributed by atoms with Gasteiger partial charge in [-0.3, -0.25) is 19.2 Å². The molecule has 2 N–H and O–H groups in total. The van der Waals surface area contributed by atoms with Crippen LogP contribution in [0.25, 0.3) is 0 Å². The van der Waals surface area contributed by atoms with Crippen molar-refractivity contribution in [2.75, 3.05) is 0 Å². The fourth-order valence-corrected chi connectivity index (χ4v) is 1.34. The summed E-state index contributed by atoms with van der Waals surface area (Å²) in [6, 6.07) is 8.86. The molecule has 1 saturated heterocycles. The van der Waals surface area contributed by atoms with Crippen LogP contribution in [-0.2, 0) is 28.7 Å². The second-order valence-corrected chi connectivity index (χ2v) is 3.86. The SMILES string of the molecule is O=C(O)CC(=O)O.O=C1CC(=O)OC(c2ccccc2)O1. The molecule has 0 aliphatic carbocycles. The molecule has 8 heteroatoms. The molecule has 1 aliphatic heterocycles. The number of aliphatic carboxylic acids is 2. The molecule has 0 atom stereocenters. The van der Waals surface area contributed by atoms with Crippen LogP contribution in [0.5, 0.6) is 0 Å². The van der Waals surface area contributed by atoms with E-state index in [2.05, 4.69) is 0 Å². The van der Waals surface area contributed by atoms with E-state index in [1.807, 2.05) is 6.07 Å². The Hall–Kier alpha value is -2.90. The van der Waals surface area contributed by atoms with E-state index in [0.29, 0.717) is 5.56 Å². The maximum Gasteiger partial charge on any atom is 0.320 e. The van der Waals surface area contributed by atoms with Crippen molar-refractivity contribution in [1.29, 1.82) is 0 Å². The molecule has 0 spiro atoms. The van der Waals surface area contributed by atoms with Crippen LogP contribution in [0.4, 0.5) is 0 Å². The summed E-state index contributed by atoms with van der Waals surface area (Å²) < 4.78 is 9.72. The van der Waals surface area contributed by atoms with Crippen LogP contribution in [0.15, 0.2) is 30.3 Å². The Morgan fingerprint density at radius 2 is 1.48 bits per heavy atom. The first-order chi connectivity index (χ1) is 9.88. The van der Waals surface area contributed by atoms with E-state index in [-0.39, 0.29) is 6.42 Å². The smallest absolute Gasteiger partial charge is 0.320 e. The second-order valence-electron chi connectivity index (χ2n) is 3.86. The summed E-state index contributed by atoms with van der Waals surface area (Å²) in [7, 11) is 0. The van der Waals surface area contributed by atoms with Crippen LogP contribution in [0.3, 0.4) is 0 Å². The van der Waals surface area contributed by atoms with Crippen molar-refractivity contribution in [1.82, 2.24) is 0 Å². The number of benzene rings is 1. The fraction of sp³-hybridized carbons (Fsp3) is 0.231. The molecule has 0 aromatic heterocycles. The third-order valence-corrected chi connectivity index (χ3v) is 2.14. The number of carbonyl (C=O) groups excluding carboxylic acids is 2. The molecule has 1 aromatic carbocycles. The quantitative estimate of drug-likeness (QED) is 0.617. The van der Waals surface area contributed by atoms with Gasteiger partial charge in [-0.25, -0.2) is 0 Å². The Balaban J connectivity index is 0.000000270. The van der Waals surface area contributed by atoms with E-state index in [1.165, 1.54) is 0 Å². The Labute approximate surface area is 118 Å². The number of carboxylic acid groups (broad SMARTS) is 2. The van der Waals surface area contributed by atoms with Gasteiger partial charge >= 0.3 is 23.9 Å². The predicted molar refractivity (Wildman–Crippen MR) is 65.9 cm³/mol. The molecule has 2 rings (SSSR count). The lowest BCUT2D eigenvalue weighted by molar-refractivity contribution is -0.205. The average molecular weight is 296 g/mol. The van der Waals surface area contributed by atoms with E-state index >= 15 is 0 Å². The molecule has 0 amide bonds. The molecule has 1 heterocycles. The lowest BCUT2D eigenvalue weighted by atomic mass is 10.2. The van der Waals surface area contributed by atoms with Gasteiger partial charge in [-0.2, -0.15) is 0 Å². The Kier molecular flexibility index (Phi) is 5.87. The van der Waals surface area contributed by atoms with Gasteiger partial charge in [-0.15, -0.1) is 0 Å². The first-order valence-electron chi connectivity index (χ1n) is 5.76. The number of carboxylic acids is 2. The van der Waals surface area contributed by atoms with Gasteiger partial charge in [0.2, 0.25) is 0 Å². The lowest BCUT2D eigenvalue weighted by Gasteiger charge is -2.22. The van der Waals surface area contributed by atoms with Gasteiger partial charge < -0.3 is 19.7 Å². The van der Waals surface area contributed by atoms with E-state index in [4.69, 9.17) is 19.7 Å². The summed E-state index contributed by atoms with van der Waals surface area (Å²) >= 11 is 0. The van der Waals surface area contributed by atoms with Gasteiger partial charge in [0.1, 0.15) is 12.8 Å². The van der Waals surface area contributed by atoms with E-state index in [9.17, 15) is 19.2 Å². The highest BCUT2D eigenvalue weighted by Crippen LogP contribution is 2.23. The summed E-state index contributed by atoms with van der Waals surface area (Å²) in [5.41, 5.74) is 0.661. The average Bonchev–Trinajstić information content (AvgIpc) is 2.37. The van der Waals surface area contributed by atoms with E-state index in [1.54, 1.807) is 24.3 Å². The predicted octanol–water partition coefficient (Wildman–Crippen LogP) is 0.721. The van der Waals surface area contributed by atoms with Gasteiger partial charge in [0.05, 0.1) is 0 Å². The van der Waals surface area contributed by atoms with Crippen LogP contribution in [-0.4, -0.2) is 34.1 Å². The highest BCUT2D eigenvalue weighted by Gasteiger charge is 2.28. The van der Waals surface area contributed by atoms with Gasteiger partial charge in [-0.05, 0) is 0 Å². The standard InChI is InChI=1S/C10H8O4.C3H4O4/c11-8-6-9(12)14-10(13-8)7-4-2-1-3-5-7;4-2(5)1-3(6)7/h1-5,10H,6H2;1H2,(H,4,5)(H,6,7). The molecule has 112 valence electrons. The fourth-order valence-electron chi connectivity index (χ4n) is 1.34. The van der Waals surface area contributed by atoms with Gasteiger partial charge in [0, 0.05) is 5.56 Å². The number of ether oxygens (including phenoxy) is 2. The monoisotopic (exact) mass is 296 g/mol. The second kappa shape index (κ2) is 7.63. The molecule has 0 radical (unpaired) electrons.